The van der Waals surface area contributed by atoms with Crippen LogP contribution in [-0.4, -0.2) is 61.4 Å². The number of aromatic nitrogens is 1. The summed E-state index contributed by atoms with van der Waals surface area (Å²) in [4.78, 5) is 19.6. The molecular weight excluding hydrogens is 402 g/mol. The van der Waals surface area contributed by atoms with Crippen LogP contribution < -0.4 is 0 Å². The first-order valence-electron chi connectivity index (χ1n) is 10.5. The summed E-state index contributed by atoms with van der Waals surface area (Å²) >= 11 is 0. The van der Waals surface area contributed by atoms with Crippen molar-refractivity contribution in [2.45, 2.75) is 36.6 Å². The van der Waals surface area contributed by atoms with E-state index in [0.29, 0.717) is 38.4 Å². The maximum Gasteiger partial charge on any atom is 0.254 e. The Balaban J connectivity index is 1.56. The van der Waals surface area contributed by atoms with Gasteiger partial charge in [0.25, 0.3) is 5.91 Å². The monoisotopic (exact) mass is 429 g/mol. The maximum atomic E-state index is 13.3. The molecule has 2 fully saturated rings. The van der Waals surface area contributed by atoms with Crippen LogP contribution >= 0.6 is 0 Å². The molecule has 3 heterocycles. The Morgan fingerprint density at radius 2 is 1.63 bits per heavy atom. The maximum absolute atomic E-state index is 13.3. The smallest absolute Gasteiger partial charge is 0.254 e. The minimum Gasteiger partial charge on any atom is -0.379 e. The normalized spacial score (nSPS) is 21.2. The lowest BCUT2D eigenvalue weighted by molar-refractivity contribution is 0.0680. The quantitative estimate of drug-likeness (QED) is 0.747. The zero-order valence-corrected chi connectivity index (χ0v) is 17.8. The third-order valence-electron chi connectivity index (χ3n) is 5.81. The fourth-order valence-corrected chi connectivity index (χ4v) is 5.56. The minimum absolute atomic E-state index is 0.0137. The summed E-state index contributed by atoms with van der Waals surface area (Å²) in [7, 11) is -3.57. The van der Waals surface area contributed by atoms with Gasteiger partial charge in [-0.25, -0.2) is 8.42 Å². The van der Waals surface area contributed by atoms with E-state index in [1.165, 1.54) is 16.4 Å². The highest BCUT2D eigenvalue weighted by molar-refractivity contribution is 7.89. The molecule has 160 valence electrons. The molecule has 0 bridgehead atoms. The Labute approximate surface area is 177 Å². The largest absolute Gasteiger partial charge is 0.379 e. The van der Waals surface area contributed by atoms with E-state index in [1.54, 1.807) is 24.5 Å². The summed E-state index contributed by atoms with van der Waals surface area (Å²) in [6, 6.07) is 10.3. The van der Waals surface area contributed by atoms with Crippen molar-refractivity contribution in [3.8, 4) is 0 Å². The number of carbonyl (C=O) groups is 1. The molecule has 2 aromatic rings. The van der Waals surface area contributed by atoms with Crippen LogP contribution in [0.15, 0.2) is 53.7 Å². The summed E-state index contributed by atoms with van der Waals surface area (Å²) in [5.74, 6) is -0.0611. The molecule has 0 radical (unpaired) electrons. The lowest BCUT2D eigenvalue weighted by Crippen LogP contribution is -2.40. The molecular formula is C22H27N3O4S. The number of amides is 1. The van der Waals surface area contributed by atoms with E-state index in [9.17, 15) is 13.2 Å². The fourth-order valence-electron chi connectivity index (χ4n) is 4.15. The lowest BCUT2D eigenvalue weighted by Gasteiger charge is -2.30. The summed E-state index contributed by atoms with van der Waals surface area (Å²) < 4.78 is 32.3. The molecule has 0 N–H and O–H groups in total. The number of rotatable bonds is 4. The Bertz CT molecular complexity index is 958. The molecule has 2 aliphatic heterocycles. The van der Waals surface area contributed by atoms with Crippen LogP contribution in [0.5, 0.6) is 0 Å². The van der Waals surface area contributed by atoms with Crippen LogP contribution in [-0.2, 0) is 14.8 Å². The molecule has 4 rings (SSSR count). The minimum atomic E-state index is -3.57. The molecule has 1 atom stereocenters. The number of carbonyl (C=O) groups excluding carboxylic acids is 1. The number of hydrogen-bond donors (Lipinski definition) is 0. The predicted molar refractivity (Wildman–Crippen MR) is 113 cm³/mol. The van der Waals surface area contributed by atoms with Crippen molar-refractivity contribution in [2.75, 3.05) is 32.8 Å². The van der Waals surface area contributed by atoms with Crippen LogP contribution in [0.4, 0.5) is 0 Å². The average Bonchev–Trinajstić information content (AvgIpc) is 3.06. The summed E-state index contributed by atoms with van der Waals surface area (Å²) in [5.41, 5.74) is 1.60. The number of hydrogen-bond acceptors (Lipinski definition) is 5. The van der Waals surface area contributed by atoms with Crippen LogP contribution in [0.25, 0.3) is 0 Å². The van der Waals surface area contributed by atoms with Gasteiger partial charge in [0.15, 0.2) is 0 Å². The van der Waals surface area contributed by atoms with Gasteiger partial charge in [-0.05, 0) is 54.8 Å². The summed E-state index contributed by atoms with van der Waals surface area (Å²) in [6.45, 7) is 2.21. The Morgan fingerprint density at radius 3 is 2.33 bits per heavy atom. The Morgan fingerprint density at radius 1 is 0.933 bits per heavy atom. The van der Waals surface area contributed by atoms with Gasteiger partial charge >= 0.3 is 0 Å². The van der Waals surface area contributed by atoms with Crippen molar-refractivity contribution in [3.63, 3.8) is 0 Å². The number of benzene rings is 1. The summed E-state index contributed by atoms with van der Waals surface area (Å²) in [5, 5.41) is 0. The highest BCUT2D eigenvalue weighted by Gasteiger charge is 2.29. The Kier molecular flexibility index (Phi) is 6.46. The van der Waals surface area contributed by atoms with Gasteiger partial charge < -0.3 is 9.64 Å². The van der Waals surface area contributed by atoms with Gasteiger partial charge in [-0.2, -0.15) is 4.31 Å². The molecule has 30 heavy (non-hydrogen) atoms. The number of sulfonamides is 1. The van der Waals surface area contributed by atoms with E-state index < -0.39 is 10.0 Å². The van der Waals surface area contributed by atoms with E-state index in [0.717, 1.165) is 31.2 Å². The number of nitrogens with zero attached hydrogens (tertiary/aromatic N) is 3. The molecule has 0 aliphatic carbocycles. The van der Waals surface area contributed by atoms with Gasteiger partial charge in [0, 0.05) is 37.6 Å². The molecule has 8 heteroatoms. The molecule has 1 amide bonds. The molecule has 1 unspecified atom stereocenters. The van der Waals surface area contributed by atoms with Crippen LogP contribution in [0.2, 0.25) is 0 Å². The van der Waals surface area contributed by atoms with Gasteiger partial charge in [0.05, 0.1) is 24.2 Å². The van der Waals surface area contributed by atoms with Crippen LogP contribution in [0.3, 0.4) is 0 Å². The number of likely N-dealkylation sites (tertiary alicyclic amines) is 1. The van der Waals surface area contributed by atoms with E-state index in [-0.39, 0.29) is 16.8 Å². The van der Waals surface area contributed by atoms with Gasteiger partial charge in [0.2, 0.25) is 10.0 Å². The van der Waals surface area contributed by atoms with Gasteiger partial charge in [-0.15, -0.1) is 0 Å². The number of morpholine rings is 1. The van der Waals surface area contributed by atoms with Crippen molar-refractivity contribution >= 4 is 15.9 Å². The fraction of sp³-hybridized carbons (Fsp3) is 0.455. The SMILES string of the molecule is O=C(c1ccc(S(=O)(=O)N2CCOCC2)cc1)N1CCCCCC1c1ccncc1. The highest BCUT2D eigenvalue weighted by Crippen LogP contribution is 2.31. The van der Waals surface area contributed by atoms with Crippen LogP contribution in [0, 0.1) is 0 Å². The van der Waals surface area contributed by atoms with E-state index >= 15 is 0 Å². The second-order valence-electron chi connectivity index (χ2n) is 7.69. The lowest BCUT2D eigenvalue weighted by atomic mass is 10.0. The first-order valence-corrected chi connectivity index (χ1v) is 11.9. The third-order valence-corrected chi connectivity index (χ3v) is 7.73. The molecule has 1 aromatic carbocycles. The molecule has 2 aliphatic rings. The van der Waals surface area contributed by atoms with E-state index in [1.807, 2.05) is 17.0 Å². The average molecular weight is 430 g/mol. The topological polar surface area (TPSA) is 79.8 Å². The second-order valence-corrected chi connectivity index (χ2v) is 9.62. The van der Waals surface area contributed by atoms with Gasteiger partial charge in [0.1, 0.15) is 0 Å². The van der Waals surface area contributed by atoms with Gasteiger partial charge in [-0.3, -0.25) is 9.78 Å². The second kappa shape index (κ2) is 9.24. The van der Waals surface area contributed by atoms with Crippen molar-refractivity contribution in [2.24, 2.45) is 0 Å². The molecule has 0 spiro atoms. The highest BCUT2D eigenvalue weighted by atomic mass is 32.2. The van der Waals surface area contributed by atoms with Crippen molar-refractivity contribution in [3.05, 3.63) is 59.9 Å². The van der Waals surface area contributed by atoms with Crippen molar-refractivity contribution in [1.29, 1.82) is 0 Å². The first kappa shape index (κ1) is 21.0. The molecule has 1 aromatic heterocycles. The number of ether oxygens (including phenoxy) is 1. The van der Waals surface area contributed by atoms with Crippen molar-refractivity contribution in [1.82, 2.24) is 14.2 Å². The zero-order valence-electron chi connectivity index (χ0n) is 16.9. The first-order chi connectivity index (χ1) is 14.6. The molecule has 7 nitrogen and oxygen atoms in total. The predicted octanol–water partition coefficient (Wildman–Crippen LogP) is 2.86. The van der Waals surface area contributed by atoms with Gasteiger partial charge in [-0.1, -0.05) is 12.8 Å². The van der Waals surface area contributed by atoms with Crippen molar-refractivity contribution < 1.29 is 17.9 Å². The Hall–Kier alpha value is -2.29. The van der Waals surface area contributed by atoms with E-state index in [2.05, 4.69) is 4.98 Å². The standard InChI is InChI=1S/C22H27N3O4S/c26-22(25-13-3-1-2-4-21(25)18-9-11-23-12-10-18)19-5-7-20(8-6-19)30(27,28)24-14-16-29-17-15-24/h5-12,21H,1-4,13-17H2. The molecule has 2 saturated heterocycles. The van der Waals surface area contributed by atoms with E-state index in [4.69, 9.17) is 4.74 Å². The third kappa shape index (κ3) is 4.40. The zero-order chi connectivity index (χ0) is 21.0. The van der Waals surface area contributed by atoms with Crippen LogP contribution in [0.1, 0.15) is 47.6 Å². The molecule has 0 saturated carbocycles. The number of pyridine rings is 1. The summed E-state index contributed by atoms with van der Waals surface area (Å²) in [6.07, 6.45) is 7.58.